The van der Waals surface area contributed by atoms with Gasteiger partial charge in [-0.15, -0.1) is 0 Å². The maximum atomic E-state index is 12.0. The minimum atomic E-state index is -0.705. The number of fused-ring (bicyclic) bond motifs is 1. The zero-order chi connectivity index (χ0) is 14.7. The number of rotatable bonds is 6. The Labute approximate surface area is 126 Å². The van der Waals surface area contributed by atoms with E-state index in [9.17, 15) is 14.7 Å². The first kappa shape index (κ1) is 15.2. The largest absolute Gasteiger partial charge is 0.390 e. The zero-order valence-corrected chi connectivity index (χ0v) is 12.8. The fraction of sp³-hybridized carbons (Fsp3) is 0.429. The lowest BCUT2D eigenvalue weighted by molar-refractivity contribution is -0.114. The van der Waals surface area contributed by atoms with Crippen LogP contribution in [0, 0.1) is 0 Å². The van der Waals surface area contributed by atoms with E-state index >= 15 is 0 Å². The van der Waals surface area contributed by atoms with Crippen molar-refractivity contribution in [3.63, 3.8) is 0 Å². The van der Waals surface area contributed by atoms with Crippen LogP contribution in [0.4, 0.5) is 5.69 Å². The first-order valence-electron chi connectivity index (χ1n) is 6.59. The Hall–Kier alpha value is -1.24. The minimum Gasteiger partial charge on any atom is -0.390 e. The number of halogens is 1. The van der Waals surface area contributed by atoms with Crippen LogP contribution in [0.3, 0.4) is 0 Å². The van der Waals surface area contributed by atoms with E-state index in [4.69, 9.17) is 0 Å². The number of hydrogen-bond acceptors (Lipinski definition) is 4. The third kappa shape index (κ3) is 2.92. The van der Waals surface area contributed by atoms with Crippen molar-refractivity contribution in [1.29, 1.82) is 0 Å². The second-order valence-electron chi connectivity index (χ2n) is 4.74. The van der Waals surface area contributed by atoms with Crippen LogP contribution in [0.15, 0.2) is 22.7 Å². The van der Waals surface area contributed by atoms with Gasteiger partial charge in [0.15, 0.2) is 0 Å². The Morgan fingerprint density at radius 3 is 2.85 bits per heavy atom. The van der Waals surface area contributed by atoms with Crippen LogP contribution in [-0.2, 0) is 4.79 Å². The molecule has 0 bridgehead atoms. The van der Waals surface area contributed by atoms with Gasteiger partial charge in [-0.05, 0) is 41.0 Å². The van der Waals surface area contributed by atoms with E-state index in [0.29, 0.717) is 22.3 Å². The summed E-state index contributed by atoms with van der Waals surface area (Å²) in [6, 6.07) is 5.21. The Morgan fingerprint density at radius 1 is 1.40 bits per heavy atom. The summed E-state index contributed by atoms with van der Waals surface area (Å²) in [5.41, 5.74) is 0.940. The van der Waals surface area contributed by atoms with Crippen LogP contribution in [-0.4, -0.2) is 42.5 Å². The molecule has 6 heteroatoms. The summed E-state index contributed by atoms with van der Waals surface area (Å²) < 4.78 is 0.606. The standard InChI is InChI=1S/C14H17BrN2O3/c1-2-6-16-7-9(18)8-17-11-5-3-4-10(15)12(11)13(19)14(17)20/h3-5,9,16,18H,2,6-8H2,1H3. The number of benzene rings is 1. The maximum absolute atomic E-state index is 12.0. The minimum absolute atomic E-state index is 0.116. The van der Waals surface area contributed by atoms with Gasteiger partial charge in [0.1, 0.15) is 0 Å². The van der Waals surface area contributed by atoms with Crippen molar-refractivity contribution in [2.45, 2.75) is 19.4 Å². The van der Waals surface area contributed by atoms with Gasteiger partial charge in [0.2, 0.25) is 0 Å². The van der Waals surface area contributed by atoms with Crippen LogP contribution in [0.2, 0.25) is 0 Å². The number of aliphatic hydroxyl groups is 1. The van der Waals surface area contributed by atoms with Gasteiger partial charge in [-0.2, -0.15) is 0 Å². The Bertz CT molecular complexity index is 533. The molecule has 0 radical (unpaired) electrons. The monoisotopic (exact) mass is 340 g/mol. The maximum Gasteiger partial charge on any atom is 0.299 e. The Morgan fingerprint density at radius 2 is 2.15 bits per heavy atom. The number of nitrogens with one attached hydrogen (secondary N) is 1. The third-order valence-electron chi connectivity index (χ3n) is 3.15. The first-order valence-corrected chi connectivity index (χ1v) is 7.39. The van der Waals surface area contributed by atoms with E-state index in [1.54, 1.807) is 18.2 Å². The quantitative estimate of drug-likeness (QED) is 0.605. The number of nitrogens with zero attached hydrogens (tertiary/aromatic N) is 1. The Balaban J connectivity index is 2.12. The summed E-state index contributed by atoms with van der Waals surface area (Å²) in [6.07, 6.45) is 0.270. The Kier molecular flexibility index (Phi) is 4.91. The van der Waals surface area contributed by atoms with Crippen molar-refractivity contribution in [2.75, 3.05) is 24.5 Å². The fourth-order valence-corrected chi connectivity index (χ4v) is 2.74. The van der Waals surface area contributed by atoms with Crippen molar-refractivity contribution in [1.82, 2.24) is 5.32 Å². The lowest BCUT2D eigenvalue weighted by Gasteiger charge is -2.20. The van der Waals surface area contributed by atoms with Crippen molar-refractivity contribution in [2.24, 2.45) is 0 Å². The molecule has 0 fully saturated rings. The highest BCUT2D eigenvalue weighted by atomic mass is 79.9. The summed E-state index contributed by atoms with van der Waals surface area (Å²) >= 11 is 3.29. The van der Waals surface area contributed by atoms with Gasteiger partial charge in [-0.3, -0.25) is 9.59 Å². The molecule has 1 unspecified atom stereocenters. The fourth-order valence-electron chi connectivity index (χ4n) is 2.20. The van der Waals surface area contributed by atoms with Crippen molar-refractivity contribution >= 4 is 33.3 Å². The second kappa shape index (κ2) is 6.47. The normalized spacial score (nSPS) is 15.7. The molecule has 1 aromatic rings. The number of ketones is 1. The van der Waals surface area contributed by atoms with Crippen LogP contribution in [0.5, 0.6) is 0 Å². The van der Waals surface area contributed by atoms with Gasteiger partial charge in [0, 0.05) is 11.0 Å². The van der Waals surface area contributed by atoms with E-state index in [0.717, 1.165) is 13.0 Å². The number of hydrogen-bond donors (Lipinski definition) is 2. The summed E-state index contributed by atoms with van der Waals surface area (Å²) in [7, 11) is 0. The van der Waals surface area contributed by atoms with Crippen molar-refractivity contribution in [3.8, 4) is 0 Å². The molecule has 108 valence electrons. The van der Waals surface area contributed by atoms with E-state index in [1.807, 2.05) is 6.92 Å². The number of carbonyl (C=O) groups is 2. The molecular weight excluding hydrogens is 324 g/mol. The molecule has 1 heterocycles. The number of Topliss-reactive ketones (excluding diaryl/α,β-unsaturated/α-hetero) is 1. The molecule has 0 spiro atoms. The predicted octanol–water partition coefficient (Wildman–Crippen LogP) is 1.34. The van der Waals surface area contributed by atoms with E-state index in [2.05, 4.69) is 21.2 Å². The second-order valence-corrected chi connectivity index (χ2v) is 5.59. The molecule has 0 aromatic heterocycles. The number of amides is 1. The first-order chi connectivity index (χ1) is 9.56. The predicted molar refractivity (Wildman–Crippen MR) is 80.0 cm³/mol. The third-order valence-corrected chi connectivity index (χ3v) is 3.81. The molecule has 20 heavy (non-hydrogen) atoms. The summed E-state index contributed by atoms with van der Waals surface area (Å²) in [6.45, 7) is 3.36. The smallest absolute Gasteiger partial charge is 0.299 e. The molecule has 2 N–H and O–H groups in total. The molecule has 5 nitrogen and oxygen atoms in total. The van der Waals surface area contributed by atoms with Crippen molar-refractivity contribution in [3.05, 3.63) is 28.2 Å². The molecule has 2 rings (SSSR count). The van der Waals surface area contributed by atoms with Crippen molar-refractivity contribution < 1.29 is 14.7 Å². The van der Waals surface area contributed by atoms with Crippen LogP contribution in [0.25, 0.3) is 0 Å². The van der Waals surface area contributed by atoms with E-state index in [-0.39, 0.29) is 6.54 Å². The van der Waals surface area contributed by atoms with Gasteiger partial charge >= 0.3 is 0 Å². The molecule has 0 saturated carbocycles. The molecule has 0 saturated heterocycles. The molecule has 1 aromatic carbocycles. The number of aliphatic hydroxyl groups excluding tert-OH is 1. The number of anilines is 1. The SMILES string of the molecule is CCCNCC(O)CN1C(=O)C(=O)c2c(Br)cccc21. The average Bonchev–Trinajstić information content (AvgIpc) is 2.65. The highest BCUT2D eigenvalue weighted by molar-refractivity contribution is 9.10. The molecule has 1 atom stereocenters. The molecule has 1 aliphatic rings. The zero-order valence-electron chi connectivity index (χ0n) is 11.2. The highest BCUT2D eigenvalue weighted by Gasteiger charge is 2.37. The lowest BCUT2D eigenvalue weighted by atomic mass is 10.1. The molecule has 0 aliphatic carbocycles. The summed E-state index contributed by atoms with van der Waals surface area (Å²) in [4.78, 5) is 25.3. The average molecular weight is 341 g/mol. The van der Waals surface area contributed by atoms with E-state index in [1.165, 1.54) is 4.90 Å². The van der Waals surface area contributed by atoms with Crippen LogP contribution in [0.1, 0.15) is 23.7 Å². The van der Waals surface area contributed by atoms with Crippen LogP contribution < -0.4 is 10.2 Å². The molecular formula is C14H17BrN2O3. The van der Waals surface area contributed by atoms with Gasteiger partial charge in [0.25, 0.3) is 11.7 Å². The van der Waals surface area contributed by atoms with Gasteiger partial charge in [-0.25, -0.2) is 0 Å². The van der Waals surface area contributed by atoms with Gasteiger partial charge in [0.05, 0.1) is 23.9 Å². The van der Waals surface area contributed by atoms with Crippen LogP contribution >= 0.6 is 15.9 Å². The lowest BCUT2D eigenvalue weighted by Crippen LogP contribution is -2.41. The van der Waals surface area contributed by atoms with Gasteiger partial charge < -0.3 is 15.3 Å². The highest BCUT2D eigenvalue weighted by Crippen LogP contribution is 2.34. The molecule has 1 amide bonds. The number of carbonyl (C=O) groups excluding carboxylic acids is 2. The van der Waals surface area contributed by atoms with Gasteiger partial charge in [-0.1, -0.05) is 13.0 Å². The summed E-state index contributed by atoms with van der Waals surface area (Å²) in [5, 5.41) is 13.0. The topological polar surface area (TPSA) is 69.6 Å². The molecule has 1 aliphatic heterocycles. The number of β-amino-alcohol motifs (C(OH)–C–C–N with tert-alkyl or cyclic N) is 1. The van der Waals surface area contributed by atoms with E-state index < -0.39 is 17.8 Å². The summed E-state index contributed by atoms with van der Waals surface area (Å²) in [5.74, 6) is -1.11.